The third kappa shape index (κ3) is 6.44. The number of nitrogens with zero attached hydrogens (tertiary/aromatic N) is 2. The predicted octanol–water partition coefficient (Wildman–Crippen LogP) is 7.50. The Morgan fingerprint density at radius 3 is 2.22 bits per heavy atom. The number of hydrogen-bond donors (Lipinski definition) is 1. The van der Waals surface area contributed by atoms with Gasteiger partial charge in [0.15, 0.2) is 22.9 Å². The number of benzene rings is 4. The van der Waals surface area contributed by atoms with Crippen molar-refractivity contribution < 1.29 is 19.0 Å². The number of rotatable bonds is 12. The van der Waals surface area contributed by atoms with E-state index in [-0.39, 0.29) is 31.0 Å². The number of hydrogen-bond acceptors (Lipinski definition) is 5. The molecule has 4 aromatic carbocycles. The Balaban J connectivity index is 1.12. The van der Waals surface area contributed by atoms with E-state index in [9.17, 15) is 4.79 Å². The van der Waals surface area contributed by atoms with Crippen molar-refractivity contribution in [2.24, 2.45) is 0 Å². The van der Waals surface area contributed by atoms with Crippen molar-refractivity contribution in [3.63, 3.8) is 0 Å². The Hall–Kier alpha value is -5.56. The fourth-order valence-corrected chi connectivity index (χ4v) is 6.14. The maximum absolute atomic E-state index is 13.7. The first-order chi connectivity index (χ1) is 22.7. The number of carbonyl (C=O) groups excluding carboxylic acids is 1. The van der Waals surface area contributed by atoms with Crippen molar-refractivity contribution in [1.82, 2.24) is 14.7 Å². The summed E-state index contributed by atoms with van der Waals surface area (Å²) in [6.45, 7) is 1.17. The molecule has 46 heavy (non-hydrogen) atoms. The minimum absolute atomic E-state index is 0.0334. The van der Waals surface area contributed by atoms with Crippen molar-refractivity contribution in [3.8, 4) is 17.2 Å². The van der Waals surface area contributed by atoms with Crippen LogP contribution in [0.3, 0.4) is 0 Å². The summed E-state index contributed by atoms with van der Waals surface area (Å²) in [4.78, 5) is 18.4. The highest BCUT2D eigenvalue weighted by atomic mass is 16.7. The zero-order valence-corrected chi connectivity index (χ0v) is 25.4. The summed E-state index contributed by atoms with van der Waals surface area (Å²) < 4.78 is 19.5. The first-order valence-corrected chi connectivity index (χ1v) is 15.6. The lowest BCUT2D eigenvalue weighted by Crippen LogP contribution is -2.27. The van der Waals surface area contributed by atoms with Gasteiger partial charge in [-0.05, 0) is 52.9 Å². The van der Waals surface area contributed by atoms with E-state index >= 15 is 0 Å². The minimum atomic E-state index is -0.284. The molecule has 0 fully saturated rings. The highest BCUT2D eigenvalue weighted by Crippen LogP contribution is 2.38. The van der Waals surface area contributed by atoms with Crippen LogP contribution in [-0.2, 0) is 11.4 Å². The Kier molecular flexibility index (Phi) is 8.63. The molecular weight excluding hydrogens is 574 g/mol. The van der Waals surface area contributed by atoms with E-state index < -0.39 is 0 Å². The highest BCUT2D eigenvalue weighted by Gasteiger charge is 2.25. The van der Waals surface area contributed by atoms with Crippen LogP contribution < -0.4 is 19.5 Å². The number of aromatic nitrogens is 2. The topological polar surface area (TPSA) is 74.1 Å². The van der Waals surface area contributed by atoms with Gasteiger partial charge in [0.1, 0.15) is 6.61 Å². The van der Waals surface area contributed by atoms with Gasteiger partial charge in [-0.3, -0.25) is 4.79 Å². The summed E-state index contributed by atoms with van der Waals surface area (Å²) >= 11 is 0. The molecule has 1 atom stereocenters. The molecule has 7 nitrogen and oxygen atoms in total. The Morgan fingerprint density at radius 1 is 0.783 bits per heavy atom. The van der Waals surface area contributed by atoms with Crippen molar-refractivity contribution in [3.05, 3.63) is 162 Å². The molecule has 0 bridgehead atoms. The number of imidazole rings is 1. The van der Waals surface area contributed by atoms with E-state index in [1.807, 2.05) is 89.6 Å². The van der Waals surface area contributed by atoms with E-state index in [0.717, 1.165) is 23.2 Å². The Morgan fingerprint density at radius 2 is 1.48 bits per heavy atom. The average Bonchev–Trinajstić information content (AvgIpc) is 3.77. The van der Waals surface area contributed by atoms with Crippen LogP contribution >= 0.6 is 0 Å². The molecule has 230 valence electrons. The van der Waals surface area contributed by atoms with Crippen LogP contribution in [0.15, 0.2) is 134 Å². The monoisotopic (exact) mass is 609 g/mol. The lowest BCUT2D eigenvalue weighted by Gasteiger charge is -2.20. The maximum atomic E-state index is 13.7. The SMILES string of the molecule is O=C(CC(c1ccc2c(c1)OCO2)c1cnc2c(OCc3ccccc3)cccn12)NCCC(c1ccccc1)c1ccccc1. The molecule has 2 aromatic heterocycles. The molecule has 1 aliphatic rings. The summed E-state index contributed by atoms with van der Waals surface area (Å²) in [7, 11) is 0. The van der Waals surface area contributed by atoms with Crippen LogP contribution in [0.25, 0.3) is 5.65 Å². The number of pyridine rings is 1. The molecule has 6 aromatic rings. The molecule has 7 rings (SSSR count). The van der Waals surface area contributed by atoms with Crippen LogP contribution in [-0.4, -0.2) is 28.6 Å². The summed E-state index contributed by atoms with van der Waals surface area (Å²) in [6, 6.07) is 40.7. The quantitative estimate of drug-likeness (QED) is 0.156. The van der Waals surface area contributed by atoms with Gasteiger partial charge in [0.25, 0.3) is 0 Å². The third-order valence-corrected chi connectivity index (χ3v) is 8.47. The molecule has 3 heterocycles. The smallest absolute Gasteiger partial charge is 0.231 e. The molecule has 7 heteroatoms. The molecule has 0 saturated heterocycles. The molecule has 1 N–H and O–H groups in total. The lowest BCUT2D eigenvalue weighted by molar-refractivity contribution is -0.121. The number of nitrogens with one attached hydrogen (secondary N) is 1. The minimum Gasteiger partial charge on any atom is -0.485 e. The fraction of sp³-hybridized carbons (Fsp3) is 0.179. The van der Waals surface area contributed by atoms with Gasteiger partial charge in [-0.1, -0.05) is 97.1 Å². The van der Waals surface area contributed by atoms with Crippen LogP contribution in [0, 0.1) is 0 Å². The molecular formula is C39H35N3O4. The van der Waals surface area contributed by atoms with Gasteiger partial charge in [-0.25, -0.2) is 4.98 Å². The third-order valence-electron chi connectivity index (χ3n) is 8.47. The van der Waals surface area contributed by atoms with Crippen molar-refractivity contribution in [2.75, 3.05) is 13.3 Å². The second kappa shape index (κ2) is 13.6. The molecule has 0 aliphatic carbocycles. The second-order valence-electron chi connectivity index (χ2n) is 11.4. The largest absolute Gasteiger partial charge is 0.485 e. The predicted molar refractivity (Wildman–Crippen MR) is 177 cm³/mol. The average molecular weight is 610 g/mol. The van der Waals surface area contributed by atoms with Gasteiger partial charge < -0.3 is 23.9 Å². The van der Waals surface area contributed by atoms with Crippen molar-refractivity contribution >= 4 is 11.6 Å². The van der Waals surface area contributed by atoms with Crippen LogP contribution in [0.2, 0.25) is 0 Å². The van der Waals surface area contributed by atoms with Crippen LogP contribution in [0.5, 0.6) is 17.2 Å². The molecule has 1 amide bonds. The van der Waals surface area contributed by atoms with E-state index in [2.05, 4.69) is 53.8 Å². The van der Waals surface area contributed by atoms with Crippen LogP contribution in [0.1, 0.15) is 52.6 Å². The normalized spacial score (nSPS) is 12.7. The first-order valence-electron chi connectivity index (χ1n) is 15.6. The summed E-state index contributed by atoms with van der Waals surface area (Å²) in [5.41, 5.74) is 6.08. The van der Waals surface area contributed by atoms with E-state index in [4.69, 9.17) is 19.2 Å². The van der Waals surface area contributed by atoms with E-state index in [1.54, 1.807) is 0 Å². The standard InChI is InChI=1S/C39H35N3O4/c43-38(40-21-20-32(29-13-6-2-7-14-29)30-15-8-3-9-16-30)24-33(31-18-19-35-37(23-31)46-27-45-35)34-25-41-39-36(17-10-22-42(34)39)44-26-28-11-4-1-5-12-28/h1-19,22-23,25,32-33H,20-21,24,26-27H2,(H,40,43). The zero-order chi connectivity index (χ0) is 31.1. The lowest BCUT2D eigenvalue weighted by atomic mass is 9.88. The number of ether oxygens (including phenoxy) is 3. The van der Waals surface area contributed by atoms with Gasteiger partial charge in [-0.15, -0.1) is 0 Å². The highest BCUT2D eigenvalue weighted by molar-refractivity contribution is 5.77. The van der Waals surface area contributed by atoms with Crippen LogP contribution in [0.4, 0.5) is 0 Å². The van der Waals surface area contributed by atoms with Gasteiger partial charge in [-0.2, -0.15) is 0 Å². The molecule has 0 saturated carbocycles. The summed E-state index contributed by atoms with van der Waals surface area (Å²) in [6.07, 6.45) is 4.83. The zero-order valence-electron chi connectivity index (χ0n) is 25.4. The van der Waals surface area contributed by atoms with E-state index in [0.29, 0.717) is 36.0 Å². The van der Waals surface area contributed by atoms with Crippen molar-refractivity contribution in [2.45, 2.75) is 31.3 Å². The Bertz CT molecular complexity index is 1870. The van der Waals surface area contributed by atoms with Gasteiger partial charge in [0.05, 0.1) is 5.69 Å². The second-order valence-corrected chi connectivity index (χ2v) is 11.4. The molecule has 0 radical (unpaired) electrons. The summed E-state index contributed by atoms with van der Waals surface area (Å²) in [5, 5.41) is 3.22. The van der Waals surface area contributed by atoms with Gasteiger partial charge >= 0.3 is 0 Å². The Labute approximate surface area is 268 Å². The van der Waals surface area contributed by atoms with Gasteiger partial charge in [0, 0.05) is 37.2 Å². The number of amides is 1. The van der Waals surface area contributed by atoms with E-state index in [1.165, 1.54) is 11.1 Å². The number of fused-ring (bicyclic) bond motifs is 2. The first kappa shape index (κ1) is 29.2. The molecule has 0 spiro atoms. The maximum Gasteiger partial charge on any atom is 0.231 e. The molecule has 1 aliphatic heterocycles. The van der Waals surface area contributed by atoms with Crippen molar-refractivity contribution in [1.29, 1.82) is 0 Å². The summed E-state index contributed by atoms with van der Waals surface area (Å²) in [5.74, 6) is 1.92. The fourth-order valence-electron chi connectivity index (χ4n) is 6.14. The number of carbonyl (C=O) groups is 1. The molecule has 1 unspecified atom stereocenters. The van der Waals surface area contributed by atoms with Gasteiger partial charge in [0.2, 0.25) is 12.7 Å².